The molecule has 1 heterocycles. The molecule has 0 spiro atoms. The third kappa shape index (κ3) is 2.66. The molecule has 0 bridgehead atoms. The van der Waals surface area contributed by atoms with Crippen LogP contribution in [0.4, 0.5) is 5.82 Å². The van der Waals surface area contributed by atoms with E-state index in [1.165, 1.54) is 21.0 Å². The van der Waals surface area contributed by atoms with E-state index in [9.17, 15) is 19.2 Å². The maximum Gasteiger partial charge on any atom is 0.332 e. The number of Topliss-reactive ketones (excluding diaryl/α,β-unsaturated/α-hetero) is 1. The molecule has 8 nitrogen and oxygen atoms in total. The van der Waals surface area contributed by atoms with Crippen molar-refractivity contribution in [2.24, 2.45) is 19.5 Å². The lowest BCUT2D eigenvalue weighted by molar-refractivity contribution is -0.148. The first-order valence-corrected chi connectivity index (χ1v) is 7.33. The molecule has 126 valence electrons. The molecule has 0 saturated heterocycles. The summed E-state index contributed by atoms with van der Waals surface area (Å²) in [5, 5.41) is 0. The second-order valence-electron chi connectivity index (χ2n) is 5.68. The highest BCUT2D eigenvalue weighted by Gasteiger charge is 2.69. The summed E-state index contributed by atoms with van der Waals surface area (Å²) in [5.41, 5.74) is 2.63. The van der Waals surface area contributed by atoms with Crippen LogP contribution in [0.1, 0.15) is 23.7 Å². The van der Waals surface area contributed by atoms with E-state index in [-0.39, 0.29) is 12.2 Å². The van der Waals surface area contributed by atoms with E-state index in [0.29, 0.717) is 0 Å². The van der Waals surface area contributed by atoms with E-state index >= 15 is 0 Å². The van der Waals surface area contributed by atoms with Crippen molar-refractivity contribution in [1.29, 1.82) is 0 Å². The average Bonchev–Trinajstić information content (AvgIpc) is 3.00. The molecular formula is C13H15Cl2N3O5. The number of halogens is 2. The summed E-state index contributed by atoms with van der Waals surface area (Å²) >= 11 is 11.7. The van der Waals surface area contributed by atoms with E-state index in [4.69, 9.17) is 33.7 Å². The molecular weight excluding hydrogens is 349 g/mol. The zero-order valence-corrected chi connectivity index (χ0v) is 14.2. The van der Waals surface area contributed by atoms with E-state index in [2.05, 4.69) is 0 Å². The highest BCUT2D eigenvalue weighted by Crippen LogP contribution is 2.64. The Morgan fingerprint density at radius 3 is 2.26 bits per heavy atom. The second-order valence-corrected chi connectivity index (χ2v) is 7.16. The van der Waals surface area contributed by atoms with Gasteiger partial charge in [0.2, 0.25) is 5.78 Å². The van der Waals surface area contributed by atoms with Gasteiger partial charge >= 0.3 is 11.7 Å². The average molecular weight is 364 g/mol. The summed E-state index contributed by atoms with van der Waals surface area (Å²) in [6.07, 6.45) is 0.208. The summed E-state index contributed by atoms with van der Waals surface area (Å²) in [7, 11) is 2.54. The summed E-state index contributed by atoms with van der Waals surface area (Å²) in [6, 6.07) is 0. The van der Waals surface area contributed by atoms with Crippen molar-refractivity contribution < 1.29 is 14.3 Å². The predicted molar refractivity (Wildman–Crippen MR) is 83.8 cm³/mol. The fraction of sp³-hybridized carbons (Fsp3) is 0.538. The molecule has 1 aromatic heterocycles. The quantitative estimate of drug-likeness (QED) is 0.456. The van der Waals surface area contributed by atoms with Crippen LogP contribution in [0.25, 0.3) is 0 Å². The highest BCUT2D eigenvalue weighted by molar-refractivity contribution is 6.53. The number of nitrogen functional groups attached to an aromatic ring is 1. The Balaban J connectivity index is 2.22. The molecule has 1 aliphatic carbocycles. The van der Waals surface area contributed by atoms with Crippen molar-refractivity contribution in [2.45, 2.75) is 17.7 Å². The molecule has 1 aromatic rings. The first-order chi connectivity index (χ1) is 10.4. The predicted octanol–water partition coefficient (Wildman–Crippen LogP) is -0.0240. The summed E-state index contributed by atoms with van der Waals surface area (Å²) in [5.74, 6) is -1.84. The first-order valence-electron chi connectivity index (χ1n) is 6.58. The van der Waals surface area contributed by atoms with Gasteiger partial charge in [0.25, 0.3) is 5.56 Å². The number of aromatic nitrogens is 2. The van der Waals surface area contributed by atoms with Crippen LogP contribution < -0.4 is 17.0 Å². The molecule has 0 amide bonds. The topological polar surface area (TPSA) is 113 Å². The largest absolute Gasteiger partial charge is 0.457 e. The molecule has 1 atom stereocenters. The zero-order valence-electron chi connectivity index (χ0n) is 12.7. The second kappa shape index (κ2) is 5.38. The lowest BCUT2D eigenvalue weighted by atomic mass is 10.1. The molecule has 2 N–H and O–H groups in total. The molecule has 0 aliphatic heterocycles. The lowest BCUT2D eigenvalue weighted by Gasteiger charge is -2.13. The number of esters is 1. The Kier molecular flexibility index (Phi) is 4.11. The van der Waals surface area contributed by atoms with Gasteiger partial charge in [0, 0.05) is 20.5 Å². The van der Waals surface area contributed by atoms with E-state index < -0.39 is 44.9 Å². The van der Waals surface area contributed by atoms with Gasteiger partial charge in [0.1, 0.15) is 21.1 Å². The van der Waals surface area contributed by atoms with Gasteiger partial charge in [0.05, 0.1) is 0 Å². The maximum absolute atomic E-state index is 12.2. The number of ether oxygens (including phenoxy) is 1. The molecule has 2 rings (SSSR count). The summed E-state index contributed by atoms with van der Waals surface area (Å²) in [6.45, 7) is 0.815. The van der Waals surface area contributed by atoms with Crippen molar-refractivity contribution in [3.63, 3.8) is 0 Å². The van der Waals surface area contributed by atoms with Gasteiger partial charge in [-0.3, -0.25) is 23.5 Å². The molecule has 1 fully saturated rings. The van der Waals surface area contributed by atoms with Crippen molar-refractivity contribution in [3.8, 4) is 0 Å². The van der Waals surface area contributed by atoms with E-state index in [1.807, 2.05) is 0 Å². The number of rotatable bonds is 4. The molecule has 1 unspecified atom stereocenters. The van der Waals surface area contributed by atoms with Crippen LogP contribution in [-0.4, -0.2) is 31.8 Å². The lowest BCUT2D eigenvalue weighted by Crippen LogP contribution is -2.42. The summed E-state index contributed by atoms with van der Waals surface area (Å²) in [4.78, 5) is 47.8. The van der Waals surface area contributed by atoms with Gasteiger partial charge in [-0.05, 0) is 6.92 Å². The van der Waals surface area contributed by atoms with Gasteiger partial charge < -0.3 is 10.5 Å². The van der Waals surface area contributed by atoms with Gasteiger partial charge in [-0.2, -0.15) is 0 Å². The van der Waals surface area contributed by atoms with Crippen LogP contribution in [0.5, 0.6) is 0 Å². The number of ketones is 1. The van der Waals surface area contributed by atoms with Crippen molar-refractivity contribution in [1.82, 2.24) is 9.13 Å². The Morgan fingerprint density at radius 1 is 1.26 bits per heavy atom. The molecule has 0 radical (unpaired) electrons. The summed E-state index contributed by atoms with van der Waals surface area (Å²) < 4.78 is 5.37. The van der Waals surface area contributed by atoms with Crippen LogP contribution in [0, 0.1) is 5.41 Å². The molecule has 1 saturated carbocycles. The Bertz CT molecular complexity index is 826. The van der Waals surface area contributed by atoms with Crippen molar-refractivity contribution >= 4 is 40.8 Å². The Labute approximate surface area is 140 Å². The first kappa shape index (κ1) is 17.6. The maximum atomic E-state index is 12.2. The number of carbonyl (C=O) groups is 2. The fourth-order valence-corrected chi connectivity index (χ4v) is 2.79. The molecule has 23 heavy (non-hydrogen) atoms. The van der Waals surface area contributed by atoms with Crippen molar-refractivity contribution in [2.75, 3.05) is 12.3 Å². The number of alkyl halides is 2. The standard InChI is InChI=1S/C13H15Cl2N3O5/c1-12(5-13(12,14)15)10(21)23-4-6(19)7-8(16)17(2)11(22)18(3)9(7)20/h4-5,16H2,1-3H3. The van der Waals surface area contributed by atoms with Crippen LogP contribution in [0.2, 0.25) is 0 Å². The number of nitrogens with two attached hydrogens (primary N) is 1. The number of hydrogen-bond donors (Lipinski definition) is 1. The minimum Gasteiger partial charge on any atom is -0.457 e. The van der Waals surface area contributed by atoms with Crippen LogP contribution in [0.15, 0.2) is 9.59 Å². The van der Waals surface area contributed by atoms with Crippen LogP contribution in [-0.2, 0) is 23.6 Å². The van der Waals surface area contributed by atoms with E-state index in [1.54, 1.807) is 0 Å². The monoisotopic (exact) mass is 363 g/mol. The SMILES string of the molecule is Cn1c(N)c(C(=O)COC(=O)C2(C)CC2(Cl)Cl)c(=O)n(C)c1=O. The van der Waals surface area contributed by atoms with Gasteiger partial charge in [-0.15, -0.1) is 23.2 Å². The van der Waals surface area contributed by atoms with Gasteiger partial charge in [-0.25, -0.2) is 4.79 Å². The third-order valence-corrected chi connectivity index (χ3v) is 5.13. The van der Waals surface area contributed by atoms with Crippen molar-refractivity contribution in [3.05, 3.63) is 26.4 Å². The molecule has 10 heteroatoms. The van der Waals surface area contributed by atoms with Gasteiger partial charge in [0.15, 0.2) is 6.61 Å². The zero-order chi connectivity index (χ0) is 17.7. The van der Waals surface area contributed by atoms with E-state index in [0.717, 1.165) is 9.13 Å². The number of carbonyl (C=O) groups excluding carboxylic acids is 2. The molecule has 1 aliphatic rings. The molecule has 0 aromatic carbocycles. The third-order valence-electron chi connectivity index (χ3n) is 4.03. The van der Waals surface area contributed by atoms with Crippen LogP contribution >= 0.6 is 23.2 Å². The Morgan fingerprint density at radius 2 is 1.78 bits per heavy atom. The smallest absolute Gasteiger partial charge is 0.332 e. The normalized spacial score (nSPS) is 21.8. The minimum atomic E-state index is -1.22. The number of nitrogens with zero attached hydrogens (tertiary/aromatic N) is 2. The number of hydrogen-bond acceptors (Lipinski definition) is 6. The minimum absolute atomic E-state index is 0.208. The van der Waals surface area contributed by atoms with Gasteiger partial charge in [-0.1, -0.05) is 0 Å². The Hall–Kier alpha value is -1.80. The highest BCUT2D eigenvalue weighted by atomic mass is 35.5. The fourth-order valence-electron chi connectivity index (χ4n) is 2.11. The number of anilines is 1. The van der Waals surface area contributed by atoms with Crippen LogP contribution in [0.3, 0.4) is 0 Å².